The second-order valence-electron chi connectivity index (χ2n) is 5.07. The van der Waals surface area contributed by atoms with Gasteiger partial charge in [0, 0.05) is 18.5 Å². The molecule has 1 aromatic rings. The fraction of sp³-hybridized carbons (Fsp3) is 0.562. The van der Waals surface area contributed by atoms with Crippen LogP contribution in [0.3, 0.4) is 0 Å². The van der Waals surface area contributed by atoms with Crippen LogP contribution in [-0.2, 0) is 11.2 Å². The Morgan fingerprint density at radius 1 is 1.20 bits per heavy atom. The number of benzene rings is 1. The van der Waals surface area contributed by atoms with Crippen LogP contribution in [0.25, 0.3) is 0 Å². The van der Waals surface area contributed by atoms with Crippen LogP contribution in [0.4, 0.5) is 8.78 Å². The molecule has 1 unspecified atom stereocenters. The topological polar surface area (TPSA) is 29.1 Å². The maximum atomic E-state index is 13.0. The van der Waals surface area contributed by atoms with Gasteiger partial charge < -0.3 is 5.32 Å². The maximum Gasteiger partial charge on any atom is 0.223 e. The van der Waals surface area contributed by atoms with Crippen molar-refractivity contribution in [2.45, 2.75) is 46.0 Å². The molecule has 0 fully saturated rings. The Hall–Kier alpha value is -1.45. The van der Waals surface area contributed by atoms with Gasteiger partial charge in [0.05, 0.1) is 0 Å². The molecule has 112 valence electrons. The Balaban J connectivity index is 2.40. The van der Waals surface area contributed by atoms with Crippen LogP contribution in [0.15, 0.2) is 18.2 Å². The average molecular weight is 283 g/mol. The van der Waals surface area contributed by atoms with Crippen LogP contribution in [0, 0.1) is 17.6 Å². The third-order valence-corrected chi connectivity index (χ3v) is 3.40. The molecule has 1 amide bonds. The van der Waals surface area contributed by atoms with Crippen LogP contribution in [0.2, 0.25) is 0 Å². The van der Waals surface area contributed by atoms with E-state index < -0.39 is 11.6 Å². The van der Waals surface area contributed by atoms with Crippen LogP contribution in [0.1, 0.15) is 45.1 Å². The number of hydrogen-bond acceptors (Lipinski definition) is 1. The van der Waals surface area contributed by atoms with Gasteiger partial charge in [-0.1, -0.05) is 26.7 Å². The number of carbonyl (C=O) groups excluding carboxylic acids is 1. The molecule has 0 bridgehead atoms. The van der Waals surface area contributed by atoms with Crippen molar-refractivity contribution >= 4 is 5.91 Å². The van der Waals surface area contributed by atoms with E-state index in [1.165, 1.54) is 12.1 Å². The fourth-order valence-electron chi connectivity index (χ4n) is 2.20. The summed E-state index contributed by atoms with van der Waals surface area (Å²) in [5.41, 5.74) is 0.560. The zero-order valence-electron chi connectivity index (χ0n) is 12.2. The Morgan fingerprint density at radius 3 is 2.40 bits per heavy atom. The number of rotatable bonds is 8. The predicted octanol–water partition coefficient (Wildman–Crippen LogP) is 3.84. The van der Waals surface area contributed by atoms with Crippen molar-refractivity contribution in [2.24, 2.45) is 5.92 Å². The quantitative estimate of drug-likeness (QED) is 0.771. The largest absolute Gasteiger partial charge is 0.356 e. The summed E-state index contributed by atoms with van der Waals surface area (Å²) >= 11 is 0. The molecule has 1 aromatic carbocycles. The fourth-order valence-corrected chi connectivity index (χ4v) is 2.20. The lowest BCUT2D eigenvalue weighted by Crippen LogP contribution is -2.32. The normalized spacial score (nSPS) is 12.2. The van der Waals surface area contributed by atoms with E-state index in [1.54, 1.807) is 0 Å². The summed E-state index contributed by atoms with van der Waals surface area (Å²) < 4.78 is 26.0. The molecule has 0 aliphatic rings. The summed E-state index contributed by atoms with van der Waals surface area (Å²) in [6, 6.07) is 3.44. The van der Waals surface area contributed by atoms with Gasteiger partial charge in [-0.3, -0.25) is 4.79 Å². The molecule has 20 heavy (non-hydrogen) atoms. The smallest absolute Gasteiger partial charge is 0.223 e. The second kappa shape index (κ2) is 8.67. The van der Waals surface area contributed by atoms with E-state index in [9.17, 15) is 13.6 Å². The number of halogens is 2. The number of hydrogen-bond donors (Lipinski definition) is 1. The summed E-state index contributed by atoms with van der Waals surface area (Å²) in [5, 5.41) is 2.85. The van der Waals surface area contributed by atoms with Gasteiger partial charge in [-0.15, -0.1) is 0 Å². The van der Waals surface area contributed by atoms with Gasteiger partial charge in [0.1, 0.15) is 11.6 Å². The molecule has 0 aromatic heterocycles. The molecule has 1 rings (SSSR count). The Bertz CT molecular complexity index is 414. The number of amides is 1. The third kappa shape index (κ3) is 5.68. The van der Waals surface area contributed by atoms with Gasteiger partial charge in [-0.2, -0.15) is 0 Å². The first-order valence-electron chi connectivity index (χ1n) is 7.29. The lowest BCUT2D eigenvalue weighted by atomic mass is 9.98. The molecular weight excluding hydrogens is 260 g/mol. The van der Waals surface area contributed by atoms with Crippen molar-refractivity contribution in [2.75, 3.05) is 6.54 Å². The van der Waals surface area contributed by atoms with E-state index >= 15 is 0 Å². The molecule has 0 saturated heterocycles. The highest BCUT2D eigenvalue weighted by Crippen LogP contribution is 2.13. The van der Waals surface area contributed by atoms with E-state index in [0.717, 1.165) is 31.7 Å². The van der Waals surface area contributed by atoms with Crippen molar-refractivity contribution < 1.29 is 13.6 Å². The van der Waals surface area contributed by atoms with E-state index in [0.29, 0.717) is 18.5 Å². The molecule has 1 N–H and O–H groups in total. The van der Waals surface area contributed by atoms with Crippen molar-refractivity contribution in [3.63, 3.8) is 0 Å². The van der Waals surface area contributed by atoms with Gasteiger partial charge in [0.2, 0.25) is 5.91 Å². The van der Waals surface area contributed by atoms with Gasteiger partial charge in [-0.25, -0.2) is 8.78 Å². The highest BCUT2D eigenvalue weighted by atomic mass is 19.1. The Kier molecular flexibility index (Phi) is 7.20. The summed E-state index contributed by atoms with van der Waals surface area (Å²) in [6.45, 7) is 4.51. The lowest BCUT2D eigenvalue weighted by molar-refractivity contribution is -0.125. The van der Waals surface area contributed by atoms with Gasteiger partial charge in [0.15, 0.2) is 0 Å². The minimum atomic E-state index is -0.583. The zero-order valence-corrected chi connectivity index (χ0v) is 12.2. The van der Waals surface area contributed by atoms with Crippen molar-refractivity contribution in [3.05, 3.63) is 35.4 Å². The molecule has 0 radical (unpaired) electrons. The molecule has 0 saturated carbocycles. The van der Waals surface area contributed by atoms with E-state index in [4.69, 9.17) is 0 Å². The van der Waals surface area contributed by atoms with Crippen LogP contribution < -0.4 is 5.32 Å². The Morgan fingerprint density at radius 2 is 1.85 bits per heavy atom. The summed E-state index contributed by atoms with van der Waals surface area (Å²) in [5.74, 6) is -1.08. The molecule has 4 heteroatoms. The molecule has 0 aliphatic heterocycles. The minimum absolute atomic E-state index is 0.0397. The molecule has 2 nitrogen and oxygen atoms in total. The molecule has 0 aliphatic carbocycles. The summed E-state index contributed by atoms with van der Waals surface area (Å²) in [4.78, 5) is 11.9. The SMILES string of the molecule is CCCCC(CC)C(=O)NCCc1cc(F)cc(F)c1. The van der Waals surface area contributed by atoms with E-state index in [-0.39, 0.29) is 11.8 Å². The molecule has 0 heterocycles. The minimum Gasteiger partial charge on any atom is -0.356 e. The monoisotopic (exact) mass is 283 g/mol. The van der Waals surface area contributed by atoms with Crippen molar-refractivity contribution in [3.8, 4) is 0 Å². The first kappa shape index (κ1) is 16.6. The van der Waals surface area contributed by atoms with Gasteiger partial charge in [0.25, 0.3) is 0 Å². The first-order valence-corrected chi connectivity index (χ1v) is 7.29. The lowest BCUT2D eigenvalue weighted by Gasteiger charge is -2.14. The van der Waals surface area contributed by atoms with Crippen molar-refractivity contribution in [1.29, 1.82) is 0 Å². The molecule has 1 atom stereocenters. The number of unbranched alkanes of at least 4 members (excludes halogenated alkanes) is 1. The summed E-state index contributed by atoms with van der Waals surface area (Å²) in [6.07, 6.45) is 4.27. The van der Waals surface area contributed by atoms with Gasteiger partial charge in [-0.05, 0) is 37.0 Å². The van der Waals surface area contributed by atoms with E-state index in [1.807, 2.05) is 6.92 Å². The molecular formula is C16H23F2NO. The number of carbonyl (C=O) groups is 1. The highest BCUT2D eigenvalue weighted by molar-refractivity contribution is 5.78. The predicted molar refractivity (Wildman–Crippen MR) is 76.4 cm³/mol. The Labute approximate surface area is 119 Å². The van der Waals surface area contributed by atoms with Crippen LogP contribution in [0.5, 0.6) is 0 Å². The highest BCUT2D eigenvalue weighted by Gasteiger charge is 2.14. The zero-order chi connectivity index (χ0) is 15.0. The summed E-state index contributed by atoms with van der Waals surface area (Å²) in [7, 11) is 0. The molecule has 0 spiro atoms. The maximum absolute atomic E-state index is 13.0. The van der Waals surface area contributed by atoms with E-state index in [2.05, 4.69) is 12.2 Å². The first-order chi connectivity index (χ1) is 9.56. The average Bonchev–Trinajstić information content (AvgIpc) is 2.38. The van der Waals surface area contributed by atoms with Crippen molar-refractivity contribution in [1.82, 2.24) is 5.32 Å². The van der Waals surface area contributed by atoms with Crippen LogP contribution in [-0.4, -0.2) is 12.5 Å². The van der Waals surface area contributed by atoms with Gasteiger partial charge >= 0.3 is 0 Å². The van der Waals surface area contributed by atoms with Crippen LogP contribution >= 0.6 is 0 Å². The number of nitrogens with one attached hydrogen (secondary N) is 1. The second-order valence-corrected chi connectivity index (χ2v) is 5.07. The standard InChI is InChI=1S/C16H23F2NO/c1-3-5-6-13(4-2)16(20)19-8-7-12-9-14(17)11-15(18)10-12/h9-11,13H,3-8H2,1-2H3,(H,19,20). The third-order valence-electron chi connectivity index (χ3n) is 3.40.